The van der Waals surface area contributed by atoms with Crippen LogP contribution in [0.4, 0.5) is 5.82 Å². The fourth-order valence-electron chi connectivity index (χ4n) is 2.17. The third-order valence-electron chi connectivity index (χ3n) is 3.30. The molecule has 0 aromatic carbocycles. The maximum absolute atomic E-state index is 12.3. The van der Waals surface area contributed by atoms with Gasteiger partial charge >= 0.3 is 0 Å². The van der Waals surface area contributed by atoms with Crippen LogP contribution in [0, 0.1) is 0 Å². The molecule has 2 N–H and O–H groups in total. The normalized spacial score (nSPS) is 10.8. The van der Waals surface area contributed by atoms with Gasteiger partial charge in [-0.1, -0.05) is 11.6 Å². The number of thiophene rings is 1. The molecule has 22 heavy (non-hydrogen) atoms. The molecule has 0 spiro atoms. The first-order chi connectivity index (χ1) is 10.7. The Morgan fingerprint density at radius 3 is 3.00 bits per heavy atom. The lowest BCUT2D eigenvalue weighted by atomic mass is 10.2. The molecule has 0 fully saturated rings. The molecule has 0 aliphatic carbocycles. The van der Waals surface area contributed by atoms with Gasteiger partial charge in [-0.3, -0.25) is 9.89 Å². The van der Waals surface area contributed by atoms with E-state index in [0.29, 0.717) is 30.2 Å². The van der Waals surface area contributed by atoms with E-state index in [2.05, 4.69) is 15.5 Å². The minimum absolute atomic E-state index is 0.0229. The molecule has 0 radical (unpaired) electrons. The molecule has 5 nitrogen and oxygen atoms in total. The summed E-state index contributed by atoms with van der Waals surface area (Å²) in [6.45, 7) is 3.23. The van der Waals surface area contributed by atoms with Crippen molar-refractivity contribution in [2.45, 2.75) is 20.0 Å². The zero-order valence-electron chi connectivity index (χ0n) is 12.0. The zero-order valence-corrected chi connectivity index (χ0v) is 13.5. The molecular weight excluding hydrogens is 320 g/mol. The van der Waals surface area contributed by atoms with Crippen LogP contribution in [0.2, 0.25) is 4.34 Å². The van der Waals surface area contributed by atoms with E-state index in [1.54, 1.807) is 16.8 Å². The number of nitrogens with one attached hydrogen (secondary N) is 2. The number of anilines is 1. The standard InChI is InChI=1S/C15H15ClN4OS/c1-2-20-7-3-4-11(15(20)21)12-8-14(19-18-12)17-9-10-5-6-13(16)22-10/h3-8H,2,9H2,1H3,(H2,17,18,19). The van der Waals surface area contributed by atoms with Crippen molar-refractivity contribution in [2.24, 2.45) is 0 Å². The topological polar surface area (TPSA) is 62.7 Å². The number of aryl methyl sites for hydroxylation is 1. The van der Waals surface area contributed by atoms with E-state index in [-0.39, 0.29) is 5.56 Å². The highest BCUT2D eigenvalue weighted by atomic mass is 35.5. The summed E-state index contributed by atoms with van der Waals surface area (Å²) in [5.74, 6) is 0.700. The highest BCUT2D eigenvalue weighted by Crippen LogP contribution is 2.22. The molecule has 0 aliphatic rings. The van der Waals surface area contributed by atoms with Crippen molar-refractivity contribution >= 4 is 28.8 Å². The lowest BCUT2D eigenvalue weighted by Gasteiger charge is -2.03. The number of hydrogen-bond donors (Lipinski definition) is 2. The van der Waals surface area contributed by atoms with E-state index in [1.165, 1.54) is 11.3 Å². The van der Waals surface area contributed by atoms with Crippen molar-refractivity contribution in [3.8, 4) is 11.3 Å². The smallest absolute Gasteiger partial charge is 0.259 e. The van der Waals surface area contributed by atoms with Crippen LogP contribution in [0.15, 0.2) is 41.3 Å². The molecule has 0 unspecified atom stereocenters. The Balaban J connectivity index is 1.78. The Kier molecular flexibility index (Phi) is 4.31. The first-order valence-corrected chi connectivity index (χ1v) is 8.10. The average molecular weight is 335 g/mol. The van der Waals surface area contributed by atoms with Gasteiger partial charge in [0.15, 0.2) is 0 Å². The van der Waals surface area contributed by atoms with Crippen molar-refractivity contribution < 1.29 is 0 Å². The molecule has 7 heteroatoms. The molecule has 0 bridgehead atoms. The van der Waals surface area contributed by atoms with Crippen LogP contribution < -0.4 is 10.9 Å². The quantitative estimate of drug-likeness (QED) is 0.749. The zero-order chi connectivity index (χ0) is 15.5. The largest absolute Gasteiger partial charge is 0.364 e. The van der Waals surface area contributed by atoms with E-state index in [4.69, 9.17) is 11.6 Å². The molecular formula is C15H15ClN4OS. The van der Waals surface area contributed by atoms with Gasteiger partial charge in [0.25, 0.3) is 5.56 Å². The monoisotopic (exact) mass is 334 g/mol. The van der Waals surface area contributed by atoms with Gasteiger partial charge in [0.05, 0.1) is 22.1 Å². The number of nitrogens with zero attached hydrogens (tertiary/aromatic N) is 2. The molecule has 0 saturated carbocycles. The average Bonchev–Trinajstić information content (AvgIpc) is 3.14. The molecule has 114 valence electrons. The van der Waals surface area contributed by atoms with E-state index in [1.807, 2.05) is 31.2 Å². The SMILES string of the molecule is CCn1cccc(-c2cc(NCc3ccc(Cl)s3)n[nH]2)c1=O. The number of aromatic nitrogens is 3. The van der Waals surface area contributed by atoms with Gasteiger partial charge in [-0.25, -0.2) is 0 Å². The van der Waals surface area contributed by atoms with Crippen LogP contribution >= 0.6 is 22.9 Å². The molecule has 0 amide bonds. The minimum atomic E-state index is -0.0229. The minimum Gasteiger partial charge on any atom is -0.364 e. The predicted octanol–water partition coefficient (Wildman–Crippen LogP) is 3.59. The van der Waals surface area contributed by atoms with Gasteiger partial charge in [-0.2, -0.15) is 5.10 Å². The Bertz CT molecular complexity index is 836. The van der Waals surface area contributed by atoms with Crippen molar-refractivity contribution in [3.05, 3.63) is 56.1 Å². The van der Waals surface area contributed by atoms with Crippen molar-refractivity contribution in [3.63, 3.8) is 0 Å². The Hall–Kier alpha value is -2.05. The highest BCUT2D eigenvalue weighted by Gasteiger charge is 2.09. The first-order valence-electron chi connectivity index (χ1n) is 6.90. The maximum atomic E-state index is 12.3. The van der Waals surface area contributed by atoms with Crippen LogP contribution in [0.5, 0.6) is 0 Å². The molecule has 0 atom stereocenters. The van der Waals surface area contributed by atoms with E-state index < -0.39 is 0 Å². The number of aromatic amines is 1. The summed E-state index contributed by atoms with van der Waals surface area (Å²) in [5.41, 5.74) is 1.30. The van der Waals surface area contributed by atoms with Gasteiger partial charge in [-0.05, 0) is 31.2 Å². The van der Waals surface area contributed by atoms with Crippen molar-refractivity contribution in [1.82, 2.24) is 14.8 Å². The third kappa shape index (κ3) is 3.08. The molecule has 3 aromatic rings. The highest BCUT2D eigenvalue weighted by molar-refractivity contribution is 7.16. The van der Waals surface area contributed by atoms with Crippen LogP contribution in [0.3, 0.4) is 0 Å². The second-order valence-electron chi connectivity index (χ2n) is 4.74. The summed E-state index contributed by atoms with van der Waals surface area (Å²) in [4.78, 5) is 13.4. The third-order valence-corrected chi connectivity index (χ3v) is 4.53. The molecule has 0 saturated heterocycles. The Labute approximate surface area is 136 Å². The lowest BCUT2D eigenvalue weighted by Crippen LogP contribution is -2.19. The van der Waals surface area contributed by atoms with E-state index >= 15 is 0 Å². The first kappa shape index (κ1) is 14.9. The number of rotatable bonds is 5. The van der Waals surface area contributed by atoms with Crippen LogP contribution in [-0.2, 0) is 13.1 Å². The second-order valence-corrected chi connectivity index (χ2v) is 6.54. The van der Waals surface area contributed by atoms with Gasteiger partial charge < -0.3 is 9.88 Å². The number of hydrogen-bond acceptors (Lipinski definition) is 4. The predicted molar refractivity (Wildman–Crippen MR) is 90.6 cm³/mol. The number of H-pyrrole nitrogens is 1. The second kappa shape index (κ2) is 6.37. The summed E-state index contributed by atoms with van der Waals surface area (Å²) >= 11 is 7.43. The molecule has 3 heterocycles. The van der Waals surface area contributed by atoms with E-state index in [0.717, 1.165) is 9.21 Å². The van der Waals surface area contributed by atoms with Crippen LogP contribution in [0.25, 0.3) is 11.3 Å². The van der Waals surface area contributed by atoms with Gasteiger partial charge in [0, 0.05) is 23.7 Å². The van der Waals surface area contributed by atoms with Gasteiger partial charge in [-0.15, -0.1) is 11.3 Å². The summed E-state index contributed by atoms with van der Waals surface area (Å²) in [5, 5.41) is 10.3. The lowest BCUT2D eigenvalue weighted by molar-refractivity contribution is 0.728. The number of pyridine rings is 1. The number of halogens is 1. The molecule has 3 rings (SSSR count). The Morgan fingerprint density at radius 2 is 2.27 bits per heavy atom. The summed E-state index contributed by atoms with van der Waals surface area (Å²) in [6.07, 6.45) is 1.78. The fourth-order valence-corrected chi connectivity index (χ4v) is 3.19. The van der Waals surface area contributed by atoms with Crippen LogP contribution in [0.1, 0.15) is 11.8 Å². The fraction of sp³-hybridized carbons (Fsp3) is 0.200. The van der Waals surface area contributed by atoms with E-state index in [9.17, 15) is 4.79 Å². The van der Waals surface area contributed by atoms with Crippen molar-refractivity contribution in [1.29, 1.82) is 0 Å². The molecule has 3 aromatic heterocycles. The summed E-state index contributed by atoms with van der Waals surface area (Å²) in [6, 6.07) is 9.35. The van der Waals surface area contributed by atoms with Gasteiger partial charge in [0.1, 0.15) is 5.82 Å². The van der Waals surface area contributed by atoms with Crippen molar-refractivity contribution in [2.75, 3.05) is 5.32 Å². The van der Waals surface area contributed by atoms with Crippen LogP contribution in [-0.4, -0.2) is 14.8 Å². The molecule has 0 aliphatic heterocycles. The van der Waals surface area contributed by atoms with Gasteiger partial charge in [0.2, 0.25) is 0 Å². The summed E-state index contributed by atoms with van der Waals surface area (Å²) < 4.78 is 2.43. The summed E-state index contributed by atoms with van der Waals surface area (Å²) in [7, 11) is 0. The Morgan fingerprint density at radius 1 is 1.41 bits per heavy atom. The maximum Gasteiger partial charge on any atom is 0.259 e.